The Morgan fingerprint density at radius 2 is 0.571 bits per heavy atom. The molecule has 368 valence electrons. The number of hydrogen-bond acceptors (Lipinski definition) is 5. The number of anilines is 11. The second kappa shape index (κ2) is 21.0. The van der Waals surface area contributed by atoms with Crippen LogP contribution in [0, 0.1) is 0 Å². The second-order valence-corrected chi connectivity index (χ2v) is 19.3. The Bertz CT molecular complexity index is 3990. The Morgan fingerprint density at radius 1 is 0.247 bits per heavy atom. The molecule has 11 aromatic carbocycles. The van der Waals surface area contributed by atoms with Crippen LogP contribution in [0.25, 0.3) is 44.2 Å². The predicted octanol–water partition coefficient (Wildman–Crippen LogP) is 20.7. The first-order chi connectivity index (χ1) is 38.2. The van der Waals surface area contributed by atoms with Gasteiger partial charge >= 0.3 is 0 Å². The molecule has 0 saturated heterocycles. The molecule has 1 aliphatic carbocycles. The summed E-state index contributed by atoms with van der Waals surface area (Å²) in [5, 5.41) is 2.04. The first-order valence-electron chi connectivity index (χ1n) is 26.4. The highest BCUT2D eigenvalue weighted by Gasteiger charge is 2.24. The maximum Gasteiger partial charge on any atom is 0.135 e. The minimum absolute atomic E-state index is 0.818. The SMILES string of the molecule is C1=CC(N(c2ccccc2)c2cc(-c3ccccc3)cc(N(c3ccccc3)c3ccc4oc5ccc(N(c6ccccc6)c6cc(-c7ccccc7)cc(N(c7ccccc7)c7ccccc7)c6)cc5c4c3)c2)=CCC1. The molecular formula is C72H54N4O. The minimum Gasteiger partial charge on any atom is -0.456 e. The third-order valence-electron chi connectivity index (χ3n) is 14.3. The zero-order valence-electron chi connectivity index (χ0n) is 42.5. The van der Waals surface area contributed by atoms with E-state index in [0.29, 0.717) is 0 Å². The molecule has 0 fully saturated rings. The fourth-order valence-electron chi connectivity index (χ4n) is 10.8. The smallest absolute Gasteiger partial charge is 0.135 e. The van der Waals surface area contributed by atoms with Crippen LogP contribution in [0.5, 0.6) is 0 Å². The first-order valence-corrected chi connectivity index (χ1v) is 26.4. The summed E-state index contributed by atoms with van der Waals surface area (Å²) in [6.45, 7) is 0. The third kappa shape index (κ3) is 9.55. The van der Waals surface area contributed by atoms with Gasteiger partial charge in [-0.3, -0.25) is 0 Å². The lowest BCUT2D eigenvalue weighted by Crippen LogP contribution is -2.17. The van der Waals surface area contributed by atoms with Crippen molar-refractivity contribution in [3.05, 3.63) is 309 Å². The number of fused-ring (bicyclic) bond motifs is 3. The van der Waals surface area contributed by atoms with Crippen molar-refractivity contribution >= 4 is 84.5 Å². The molecule has 1 aromatic heterocycles. The average Bonchev–Trinajstić information content (AvgIpc) is 3.87. The van der Waals surface area contributed by atoms with Crippen molar-refractivity contribution < 1.29 is 4.42 Å². The lowest BCUT2D eigenvalue weighted by Gasteiger charge is -2.31. The zero-order chi connectivity index (χ0) is 51.3. The van der Waals surface area contributed by atoms with Crippen molar-refractivity contribution in [2.45, 2.75) is 12.8 Å². The molecule has 0 atom stereocenters. The Balaban J connectivity index is 0.990. The summed E-state index contributed by atoms with van der Waals surface area (Å²) in [6.07, 6.45) is 8.91. The van der Waals surface area contributed by atoms with Crippen LogP contribution in [0.3, 0.4) is 0 Å². The number of furan rings is 1. The fraction of sp³-hybridized carbons (Fsp3) is 0.0278. The molecule has 0 bridgehead atoms. The van der Waals surface area contributed by atoms with Crippen LogP contribution in [0.15, 0.2) is 313 Å². The number of allylic oxidation sites excluding steroid dienone is 3. The Labute approximate surface area is 450 Å². The summed E-state index contributed by atoms with van der Waals surface area (Å²) in [4.78, 5) is 9.48. The standard InChI is InChI=1S/C72H54N4O/c1-9-25-53(26-10-1)55-45-65(73(57-29-13-3-14-30-57)58-31-15-4-16-32-58)49-67(47-55)75(61-37-21-7-22-38-61)63-41-43-71-69(51-63)70-52-64(42-44-72(70)77-71)76(62-39-23-8-24-40-62)68-48-56(54-27-11-2-12-28-54)46-66(50-68)74(59-33-17-5-18-34-59)60-35-19-6-20-36-60/h1-5,7-19,21-52H,6,20H2. The molecule has 0 N–H and O–H groups in total. The average molecular weight is 991 g/mol. The summed E-state index contributed by atoms with van der Waals surface area (Å²) in [7, 11) is 0. The third-order valence-corrected chi connectivity index (χ3v) is 14.3. The lowest BCUT2D eigenvalue weighted by atomic mass is 10.0. The first kappa shape index (κ1) is 46.7. The molecule has 1 heterocycles. The van der Waals surface area contributed by atoms with Crippen molar-refractivity contribution in [3.8, 4) is 22.3 Å². The van der Waals surface area contributed by atoms with Crippen LogP contribution in [0.1, 0.15) is 12.8 Å². The molecule has 0 amide bonds. The molecule has 0 spiro atoms. The van der Waals surface area contributed by atoms with Gasteiger partial charge in [0.2, 0.25) is 0 Å². The number of rotatable bonds is 14. The molecule has 12 aromatic rings. The Hall–Kier alpha value is -10.1. The topological polar surface area (TPSA) is 26.1 Å². The van der Waals surface area contributed by atoms with Crippen LogP contribution >= 0.6 is 0 Å². The highest BCUT2D eigenvalue weighted by molar-refractivity contribution is 6.08. The summed E-state index contributed by atoms with van der Waals surface area (Å²) < 4.78 is 6.75. The van der Waals surface area contributed by atoms with Gasteiger partial charge in [0.25, 0.3) is 0 Å². The molecule has 0 radical (unpaired) electrons. The summed E-state index contributed by atoms with van der Waals surface area (Å²) in [6, 6.07) is 102. The zero-order valence-corrected chi connectivity index (χ0v) is 42.5. The molecule has 5 nitrogen and oxygen atoms in total. The van der Waals surface area contributed by atoms with E-state index in [0.717, 1.165) is 125 Å². The highest BCUT2D eigenvalue weighted by Crippen LogP contribution is 2.47. The van der Waals surface area contributed by atoms with Crippen LogP contribution in [-0.4, -0.2) is 0 Å². The predicted molar refractivity (Wildman–Crippen MR) is 324 cm³/mol. The van der Waals surface area contributed by atoms with Gasteiger partial charge in [0.15, 0.2) is 0 Å². The van der Waals surface area contributed by atoms with Crippen molar-refractivity contribution in [2.24, 2.45) is 0 Å². The normalized spacial score (nSPS) is 12.1. The van der Waals surface area contributed by atoms with Gasteiger partial charge < -0.3 is 24.0 Å². The van der Waals surface area contributed by atoms with Crippen LogP contribution in [-0.2, 0) is 0 Å². The summed E-state index contributed by atoms with van der Waals surface area (Å²) >= 11 is 0. The fourth-order valence-corrected chi connectivity index (χ4v) is 10.8. The van der Waals surface area contributed by atoms with E-state index in [2.05, 4.69) is 323 Å². The van der Waals surface area contributed by atoms with Crippen molar-refractivity contribution in [2.75, 3.05) is 19.6 Å². The van der Waals surface area contributed by atoms with Gasteiger partial charge in [0.1, 0.15) is 11.2 Å². The maximum atomic E-state index is 6.75. The number of hydrogen-bond donors (Lipinski definition) is 0. The monoisotopic (exact) mass is 990 g/mol. The van der Waals surface area contributed by atoms with E-state index in [1.54, 1.807) is 0 Å². The Morgan fingerprint density at radius 3 is 0.922 bits per heavy atom. The largest absolute Gasteiger partial charge is 0.456 e. The van der Waals surface area contributed by atoms with E-state index in [9.17, 15) is 0 Å². The molecule has 1 aliphatic rings. The van der Waals surface area contributed by atoms with Crippen molar-refractivity contribution in [1.29, 1.82) is 0 Å². The summed E-state index contributed by atoms with van der Waals surface area (Å²) in [5.74, 6) is 0. The van der Waals surface area contributed by atoms with Crippen molar-refractivity contribution in [3.63, 3.8) is 0 Å². The lowest BCUT2D eigenvalue weighted by molar-refractivity contribution is 0.669. The van der Waals surface area contributed by atoms with Gasteiger partial charge in [0, 0.05) is 79.0 Å². The van der Waals surface area contributed by atoms with E-state index >= 15 is 0 Å². The molecule has 77 heavy (non-hydrogen) atoms. The molecule has 0 unspecified atom stereocenters. The van der Waals surface area contributed by atoms with Crippen LogP contribution < -0.4 is 19.6 Å². The minimum atomic E-state index is 0.818. The molecule has 0 aliphatic heterocycles. The van der Waals surface area contributed by atoms with Crippen molar-refractivity contribution in [1.82, 2.24) is 0 Å². The van der Waals surface area contributed by atoms with Crippen LogP contribution in [0.4, 0.5) is 62.6 Å². The molecule has 13 rings (SSSR count). The van der Waals surface area contributed by atoms with E-state index in [4.69, 9.17) is 4.42 Å². The van der Waals surface area contributed by atoms with Gasteiger partial charge in [-0.1, -0.05) is 164 Å². The highest BCUT2D eigenvalue weighted by atomic mass is 16.3. The van der Waals surface area contributed by atoms with Gasteiger partial charge in [0.05, 0.1) is 0 Å². The number of nitrogens with zero attached hydrogens (tertiary/aromatic N) is 4. The molecule has 0 saturated carbocycles. The van der Waals surface area contributed by atoms with Gasteiger partial charge in [-0.2, -0.15) is 0 Å². The molecule has 5 heteroatoms. The molecular weight excluding hydrogens is 937 g/mol. The quantitative estimate of drug-likeness (QED) is 0.108. The number of para-hydroxylation sites is 5. The Kier molecular flexibility index (Phi) is 12.7. The van der Waals surface area contributed by atoms with E-state index < -0.39 is 0 Å². The second-order valence-electron chi connectivity index (χ2n) is 19.3. The van der Waals surface area contributed by atoms with E-state index in [1.807, 2.05) is 0 Å². The maximum absolute atomic E-state index is 6.75. The number of benzene rings is 11. The van der Waals surface area contributed by atoms with Gasteiger partial charge in [-0.05, 0) is 175 Å². The van der Waals surface area contributed by atoms with Gasteiger partial charge in [-0.25, -0.2) is 0 Å². The van der Waals surface area contributed by atoms with Crippen LogP contribution in [0.2, 0.25) is 0 Å². The van der Waals surface area contributed by atoms with E-state index in [1.165, 1.54) is 0 Å². The summed E-state index contributed by atoms with van der Waals surface area (Å²) in [5.41, 5.74) is 18.8. The van der Waals surface area contributed by atoms with E-state index in [-0.39, 0.29) is 0 Å². The van der Waals surface area contributed by atoms with Gasteiger partial charge in [-0.15, -0.1) is 0 Å².